The van der Waals surface area contributed by atoms with Crippen LogP contribution in [-0.4, -0.2) is 39.1 Å². The third-order valence-corrected chi connectivity index (χ3v) is 6.13. The maximum atomic E-state index is 13.3. The van der Waals surface area contributed by atoms with E-state index in [1.807, 2.05) is 24.3 Å². The van der Waals surface area contributed by atoms with Crippen LogP contribution in [0.4, 0.5) is 5.13 Å². The molecule has 0 unspecified atom stereocenters. The molecule has 0 atom stereocenters. The SMILES string of the molecule is CCCCc1nnc(NC(=O)c2c3c(nc4ccccc24)CCN(CC)C3)s1. The molecular weight excluding hydrogens is 370 g/mol. The van der Waals surface area contributed by atoms with Gasteiger partial charge in [0.05, 0.1) is 11.1 Å². The molecule has 3 heterocycles. The van der Waals surface area contributed by atoms with Crippen molar-refractivity contribution in [2.45, 2.75) is 46.1 Å². The number of hydrogen-bond acceptors (Lipinski definition) is 6. The van der Waals surface area contributed by atoms with E-state index in [9.17, 15) is 4.79 Å². The monoisotopic (exact) mass is 395 g/mol. The van der Waals surface area contributed by atoms with Crippen LogP contribution in [0.15, 0.2) is 24.3 Å². The summed E-state index contributed by atoms with van der Waals surface area (Å²) in [6.45, 7) is 7.00. The largest absolute Gasteiger partial charge is 0.299 e. The average Bonchev–Trinajstić information content (AvgIpc) is 3.17. The summed E-state index contributed by atoms with van der Waals surface area (Å²) >= 11 is 1.46. The van der Waals surface area contributed by atoms with Crippen molar-refractivity contribution >= 4 is 33.3 Å². The highest BCUT2D eigenvalue weighted by atomic mass is 32.1. The van der Waals surface area contributed by atoms with Crippen LogP contribution in [0.25, 0.3) is 10.9 Å². The second-order valence-corrected chi connectivity index (χ2v) is 8.17. The standard InChI is InChI=1S/C21H25N5OS/c1-3-5-10-18-24-25-21(28-18)23-20(27)19-14-8-6-7-9-16(14)22-17-11-12-26(4-2)13-15(17)19/h6-9H,3-5,10-13H2,1-2H3,(H,23,25,27). The summed E-state index contributed by atoms with van der Waals surface area (Å²) in [4.78, 5) is 20.5. The number of nitrogens with zero attached hydrogens (tertiary/aromatic N) is 4. The van der Waals surface area contributed by atoms with Gasteiger partial charge in [0, 0.05) is 42.6 Å². The van der Waals surface area contributed by atoms with E-state index in [1.54, 1.807) is 0 Å². The molecule has 6 nitrogen and oxygen atoms in total. The number of likely N-dealkylation sites (N-methyl/N-ethyl adjacent to an activating group) is 1. The molecule has 0 spiro atoms. The zero-order valence-electron chi connectivity index (χ0n) is 16.4. The van der Waals surface area contributed by atoms with Gasteiger partial charge < -0.3 is 0 Å². The number of fused-ring (bicyclic) bond motifs is 2. The number of pyridine rings is 1. The molecule has 3 aromatic rings. The van der Waals surface area contributed by atoms with E-state index >= 15 is 0 Å². The van der Waals surface area contributed by atoms with E-state index in [0.29, 0.717) is 5.13 Å². The molecule has 0 radical (unpaired) electrons. The molecule has 0 fully saturated rings. The quantitative estimate of drug-likeness (QED) is 0.681. The van der Waals surface area contributed by atoms with Gasteiger partial charge in [-0.25, -0.2) is 0 Å². The topological polar surface area (TPSA) is 71.0 Å². The summed E-state index contributed by atoms with van der Waals surface area (Å²) in [6.07, 6.45) is 3.97. The number of para-hydroxylation sites is 1. The van der Waals surface area contributed by atoms with Crippen molar-refractivity contribution < 1.29 is 4.79 Å². The number of aromatic nitrogens is 3. The third kappa shape index (κ3) is 3.77. The number of benzene rings is 1. The highest BCUT2D eigenvalue weighted by Gasteiger charge is 2.25. The van der Waals surface area contributed by atoms with Gasteiger partial charge in [0.25, 0.3) is 5.91 Å². The molecule has 146 valence electrons. The molecule has 1 amide bonds. The van der Waals surface area contributed by atoms with Gasteiger partial charge in [-0.3, -0.25) is 20.0 Å². The van der Waals surface area contributed by atoms with Crippen molar-refractivity contribution in [3.63, 3.8) is 0 Å². The van der Waals surface area contributed by atoms with Crippen molar-refractivity contribution in [1.82, 2.24) is 20.1 Å². The van der Waals surface area contributed by atoms with Gasteiger partial charge >= 0.3 is 0 Å². The number of amides is 1. The lowest BCUT2D eigenvalue weighted by Crippen LogP contribution is -2.33. The Morgan fingerprint density at radius 3 is 2.93 bits per heavy atom. The zero-order valence-corrected chi connectivity index (χ0v) is 17.2. The summed E-state index contributed by atoms with van der Waals surface area (Å²) < 4.78 is 0. The minimum Gasteiger partial charge on any atom is -0.299 e. The molecule has 1 aromatic carbocycles. The Kier molecular flexibility index (Phi) is 5.64. The minimum atomic E-state index is -0.119. The van der Waals surface area contributed by atoms with Gasteiger partial charge in [0.1, 0.15) is 5.01 Å². The fourth-order valence-corrected chi connectivity index (χ4v) is 4.44. The molecule has 0 bridgehead atoms. The van der Waals surface area contributed by atoms with E-state index in [0.717, 1.165) is 78.0 Å². The van der Waals surface area contributed by atoms with Crippen molar-refractivity contribution in [1.29, 1.82) is 0 Å². The summed E-state index contributed by atoms with van der Waals surface area (Å²) in [7, 11) is 0. The molecule has 28 heavy (non-hydrogen) atoms. The van der Waals surface area contributed by atoms with Crippen molar-refractivity contribution in [3.8, 4) is 0 Å². The first-order chi connectivity index (χ1) is 13.7. The molecule has 1 aliphatic heterocycles. The van der Waals surface area contributed by atoms with E-state index in [-0.39, 0.29) is 5.91 Å². The van der Waals surface area contributed by atoms with E-state index in [1.165, 1.54) is 11.3 Å². The van der Waals surface area contributed by atoms with E-state index in [4.69, 9.17) is 4.98 Å². The molecule has 4 rings (SSSR count). The predicted octanol–water partition coefficient (Wildman–Crippen LogP) is 4.06. The first kappa shape index (κ1) is 19.0. The van der Waals surface area contributed by atoms with Crippen LogP contribution in [0.1, 0.15) is 53.3 Å². The fraction of sp³-hybridized carbons (Fsp3) is 0.429. The van der Waals surface area contributed by atoms with E-state index < -0.39 is 0 Å². The maximum Gasteiger partial charge on any atom is 0.258 e. The zero-order chi connectivity index (χ0) is 19.5. The molecule has 2 aromatic heterocycles. The predicted molar refractivity (Wildman–Crippen MR) is 113 cm³/mol. The average molecular weight is 396 g/mol. The lowest BCUT2D eigenvalue weighted by atomic mass is 9.95. The van der Waals surface area contributed by atoms with Crippen molar-refractivity contribution in [2.75, 3.05) is 18.4 Å². The van der Waals surface area contributed by atoms with Crippen LogP contribution in [0.3, 0.4) is 0 Å². The number of unbranched alkanes of at least 4 members (excludes halogenated alkanes) is 1. The minimum absolute atomic E-state index is 0.119. The Hall–Kier alpha value is -2.38. The van der Waals surface area contributed by atoms with Gasteiger partial charge in [0.15, 0.2) is 0 Å². The van der Waals surface area contributed by atoms with E-state index in [2.05, 4.69) is 34.3 Å². The second-order valence-electron chi connectivity index (χ2n) is 7.11. The van der Waals surface area contributed by atoms with Crippen LogP contribution in [0.5, 0.6) is 0 Å². The Labute approximate surface area is 169 Å². The van der Waals surface area contributed by atoms with Gasteiger partial charge in [-0.2, -0.15) is 0 Å². The second kappa shape index (κ2) is 8.32. The Morgan fingerprint density at radius 2 is 2.11 bits per heavy atom. The molecule has 0 saturated heterocycles. The van der Waals surface area contributed by atoms with Crippen LogP contribution in [-0.2, 0) is 19.4 Å². The Balaban J connectivity index is 1.70. The van der Waals surface area contributed by atoms with Gasteiger partial charge in [-0.05, 0) is 19.0 Å². The number of rotatable bonds is 6. The number of anilines is 1. The third-order valence-electron chi connectivity index (χ3n) is 5.23. The van der Waals surface area contributed by atoms with Crippen LogP contribution in [0.2, 0.25) is 0 Å². The molecule has 0 aliphatic carbocycles. The molecule has 1 N–H and O–H groups in total. The molecule has 7 heteroatoms. The summed E-state index contributed by atoms with van der Waals surface area (Å²) in [5, 5.41) is 13.8. The number of nitrogens with one attached hydrogen (secondary N) is 1. The Morgan fingerprint density at radius 1 is 1.25 bits per heavy atom. The van der Waals surface area contributed by atoms with Crippen LogP contribution < -0.4 is 5.32 Å². The van der Waals surface area contributed by atoms with Gasteiger partial charge in [-0.15, -0.1) is 10.2 Å². The molecular formula is C21H25N5OS. The van der Waals surface area contributed by atoms with Crippen LogP contribution in [0, 0.1) is 0 Å². The van der Waals surface area contributed by atoms with Crippen molar-refractivity contribution in [2.24, 2.45) is 0 Å². The molecule has 0 saturated carbocycles. The number of carbonyl (C=O) groups is 1. The Bertz CT molecular complexity index is 1000. The van der Waals surface area contributed by atoms with Crippen LogP contribution >= 0.6 is 11.3 Å². The summed E-state index contributed by atoms with van der Waals surface area (Å²) in [5.74, 6) is -0.119. The lowest BCUT2D eigenvalue weighted by Gasteiger charge is -2.29. The highest BCUT2D eigenvalue weighted by molar-refractivity contribution is 7.15. The number of carbonyl (C=O) groups excluding carboxylic acids is 1. The smallest absolute Gasteiger partial charge is 0.258 e. The van der Waals surface area contributed by atoms with Crippen molar-refractivity contribution in [3.05, 3.63) is 46.1 Å². The number of hydrogen-bond donors (Lipinski definition) is 1. The normalized spacial score (nSPS) is 14.2. The number of aryl methyl sites for hydroxylation is 1. The fourth-order valence-electron chi connectivity index (χ4n) is 3.67. The first-order valence-corrected chi connectivity index (χ1v) is 10.8. The molecule has 1 aliphatic rings. The summed E-state index contributed by atoms with van der Waals surface area (Å²) in [6, 6.07) is 7.89. The lowest BCUT2D eigenvalue weighted by molar-refractivity contribution is 0.102. The van der Waals surface area contributed by atoms with Gasteiger partial charge in [0.2, 0.25) is 5.13 Å². The first-order valence-electron chi connectivity index (χ1n) is 9.96. The highest BCUT2D eigenvalue weighted by Crippen LogP contribution is 2.29. The van der Waals surface area contributed by atoms with Gasteiger partial charge in [-0.1, -0.05) is 49.8 Å². The summed E-state index contributed by atoms with van der Waals surface area (Å²) in [5.41, 5.74) is 3.68. The maximum absolute atomic E-state index is 13.3.